The average molecular weight is 497 g/mol. The molecule has 1 aliphatic rings. The number of oxime groups is 1. The summed E-state index contributed by atoms with van der Waals surface area (Å²) < 4.78 is 5.03. The second kappa shape index (κ2) is 14.1. The summed E-state index contributed by atoms with van der Waals surface area (Å²) in [6.45, 7) is 6.31. The zero-order chi connectivity index (χ0) is 25.8. The van der Waals surface area contributed by atoms with Gasteiger partial charge in [0, 0.05) is 49.4 Å². The van der Waals surface area contributed by atoms with Gasteiger partial charge in [0.15, 0.2) is 0 Å². The van der Waals surface area contributed by atoms with Gasteiger partial charge in [0.2, 0.25) is 0 Å². The molecular formula is C26H36N6O4. The van der Waals surface area contributed by atoms with Gasteiger partial charge >= 0.3 is 6.03 Å². The van der Waals surface area contributed by atoms with E-state index < -0.39 is 6.03 Å². The van der Waals surface area contributed by atoms with Gasteiger partial charge in [-0.15, -0.1) is 0 Å². The monoisotopic (exact) mass is 496 g/mol. The third-order valence-corrected chi connectivity index (χ3v) is 5.99. The molecule has 0 spiro atoms. The summed E-state index contributed by atoms with van der Waals surface area (Å²) in [5.74, 6) is -0.247. The molecule has 0 atom stereocenters. The molecule has 194 valence electrons. The van der Waals surface area contributed by atoms with E-state index in [0.29, 0.717) is 47.1 Å². The second-order valence-electron chi connectivity index (χ2n) is 8.68. The lowest BCUT2D eigenvalue weighted by Gasteiger charge is -2.26. The van der Waals surface area contributed by atoms with Gasteiger partial charge in [-0.25, -0.2) is 4.79 Å². The minimum Gasteiger partial charge on any atom is -0.411 e. The molecule has 0 aromatic heterocycles. The molecule has 1 saturated heterocycles. The average Bonchev–Trinajstić information content (AvgIpc) is 2.89. The summed E-state index contributed by atoms with van der Waals surface area (Å²) in [5.41, 5.74) is 3.30. The Morgan fingerprint density at radius 2 is 1.78 bits per heavy atom. The summed E-state index contributed by atoms with van der Waals surface area (Å²) in [6.07, 6.45) is 3.75. The van der Waals surface area contributed by atoms with Crippen LogP contribution in [0.1, 0.15) is 42.1 Å². The van der Waals surface area contributed by atoms with Gasteiger partial charge in [-0.1, -0.05) is 23.7 Å². The second-order valence-corrected chi connectivity index (χ2v) is 8.68. The van der Waals surface area contributed by atoms with Crippen LogP contribution in [0.5, 0.6) is 0 Å². The highest BCUT2D eigenvalue weighted by Crippen LogP contribution is 2.22. The number of nitrogens with zero attached hydrogens (tertiary/aromatic N) is 2. The van der Waals surface area contributed by atoms with E-state index in [1.54, 1.807) is 56.5 Å². The number of hydrogen-bond acceptors (Lipinski definition) is 7. The molecule has 36 heavy (non-hydrogen) atoms. The predicted octanol–water partition coefficient (Wildman–Crippen LogP) is 3.80. The van der Waals surface area contributed by atoms with Crippen molar-refractivity contribution in [3.05, 3.63) is 53.6 Å². The van der Waals surface area contributed by atoms with Crippen molar-refractivity contribution >= 4 is 34.7 Å². The lowest BCUT2D eigenvalue weighted by atomic mass is 10.1. The number of carbonyl (C=O) groups is 2. The standard InChI is InChI=1S/C26H36N6O4/c1-19(31-35)20-7-6-8-21(17-20)29-26(34)30-22-9-10-24(23(18-22)25(33)28-12-16-36-2)27-11-15-32-13-4-3-5-14-32/h6-10,17-18,27,35H,3-5,11-16H2,1-2H3,(H,28,33)(H2,29,30,34)/b31-19-. The van der Waals surface area contributed by atoms with Gasteiger partial charge < -0.3 is 36.1 Å². The maximum atomic E-state index is 12.9. The van der Waals surface area contributed by atoms with Gasteiger partial charge in [0.25, 0.3) is 5.91 Å². The first kappa shape index (κ1) is 27.0. The van der Waals surface area contributed by atoms with E-state index in [9.17, 15) is 9.59 Å². The maximum Gasteiger partial charge on any atom is 0.323 e. The molecule has 0 bridgehead atoms. The first-order chi connectivity index (χ1) is 17.5. The van der Waals surface area contributed by atoms with Gasteiger partial charge in [0.1, 0.15) is 0 Å². The quantitative estimate of drug-likeness (QED) is 0.139. The van der Waals surface area contributed by atoms with Gasteiger partial charge in [0.05, 0.1) is 17.9 Å². The number of piperidine rings is 1. The molecule has 3 rings (SSSR count). The van der Waals surface area contributed by atoms with Crippen LogP contribution in [0, 0.1) is 0 Å². The van der Waals surface area contributed by atoms with Crippen LogP contribution in [0.4, 0.5) is 21.9 Å². The fraction of sp³-hybridized carbons (Fsp3) is 0.423. The Hall–Kier alpha value is -3.63. The van der Waals surface area contributed by atoms with E-state index in [0.717, 1.165) is 26.2 Å². The number of rotatable bonds is 11. The Balaban J connectivity index is 1.67. The molecule has 0 radical (unpaired) electrons. The van der Waals surface area contributed by atoms with Crippen LogP contribution in [0.25, 0.3) is 0 Å². The Labute approximate surface area is 212 Å². The Bertz CT molecular complexity index is 1050. The van der Waals surface area contributed by atoms with Crippen LogP contribution in [-0.4, -0.2) is 74.2 Å². The van der Waals surface area contributed by atoms with E-state index in [2.05, 4.69) is 31.3 Å². The smallest absolute Gasteiger partial charge is 0.323 e. The lowest BCUT2D eigenvalue weighted by Crippen LogP contribution is -2.34. The summed E-state index contributed by atoms with van der Waals surface area (Å²) in [7, 11) is 1.58. The van der Waals surface area contributed by atoms with Crippen LogP contribution in [0.3, 0.4) is 0 Å². The largest absolute Gasteiger partial charge is 0.411 e. The number of nitrogens with one attached hydrogen (secondary N) is 4. The third kappa shape index (κ3) is 8.24. The third-order valence-electron chi connectivity index (χ3n) is 5.99. The number of methoxy groups -OCH3 is 1. The highest BCUT2D eigenvalue weighted by molar-refractivity contribution is 6.04. The minimum atomic E-state index is -0.456. The number of amides is 3. The molecule has 5 N–H and O–H groups in total. The first-order valence-electron chi connectivity index (χ1n) is 12.2. The number of likely N-dealkylation sites (tertiary alicyclic amines) is 1. The molecule has 1 heterocycles. The Morgan fingerprint density at radius 3 is 2.50 bits per heavy atom. The predicted molar refractivity (Wildman–Crippen MR) is 143 cm³/mol. The molecule has 0 saturated carbocycles. The molecule has 1 fully saturated rings. The molecular weight excluding hydrogens is 460 g/mol. The van der Waals surface area contributed by atoms with E-state index in [-0.39, 0.29) is 5.91 Å². The number of hydrogen-bond donors (Lipinski definition) is 5. The van der Waals surface area contributed by atoms with E-state index in [4.69, 9.17) is 9.94 Å². The molecule has 0 aliphatic carbocycles. The summed E-state index contributed by atoms with van der Waals surface area (Å²) in [4.78, 5) is 27.9. The van der Waals surface area contributed by atoms with Gasteiger partial charge in [-0.2, -0.15) is 0 Å². The molecule has 2 aromatic rings. The fourth-order valence-electron chi connectivity index (χ4n) is 4.03. The van der Waals surface area contributed by atoms with E-state index in [1.165, 1.54) is 19.3 Å². The lowest BCUT2D eigenvalue weighted by molar-refractivity contribution is 0.0938. The number of ether oxygens (including phenoxy) is 1. The summed E-state index contributed by atoms with van der Waals surface area (Å²) in [5, 5.41) is 23.9. The van der Waals surface area contributed by atoms with Crippen molar-refractivity contribution in [3.63, 3.8) is 0 Å². The molecule has 10 nitrogen and oxygen atoms in total. The van der Waals surface area contributed by atoms with Crippen LogP contribution in [0.15, 0.2) is 47.6 Å². The number of carbonyl (C=O) groups excluding carboxylic acids is 2. The maximum absolute atomic E-state index is 12.9. The zero-order valence-corrected chi connectivity index (χ0v) is 21.0. The van der Waals surface area contributed by atoms with Crippen molar-refractivity contribution in [2.24, 2.45) is 5.16 Å². The van der Waals surface area contributed by atoms with Gasteiger partial charge in [-0.05, 0) is 63.2 Å². The zero-order valence-electron chi connectivity index (χ0n) is 21.0. The highest BCUT2D eigenvalue weighted by atomic mass is 16.5. The highest BCUT2D eigenvalue weighted by Gasteiger charge is 2.15. The summed E-state index contributed by atoms with van der Waals surface area (Å²) >= 11 is 0. The van der Waals surface area contributed by atoms with Crippen molar-refractivity contribution in [2.75, 3.05) is 62.4 Å². The molecule has 2 aromatic carbocycles. The van der Waals surface area contributed by atoms with Crippen molar-refractivity contribution in [1.29, 1.82) is 0 Å². The van der Waals surface area contributed by atoms with Crippen molar-refractivity contribution in [2.45, 2.75) is 26.2 Å². The van der Waals surface area contributed by atoms with Crippen LogP contribution >= 0.6 is 0 Å². The SMILES string of the molecule is COCCNC(=O)c1cc(NC(=O)Nc2cccc(/C(C)=N\O)c2)ccc1NCCN1CCCCC1. The fourth-order valence-corrected chi connectivity index (χ4v) is 4.03. The molecule has 1 aliphatic heterocycles. The first-order valence-corrected chi connectivity index (χ1v) is 12.2. The van der Waals surface area contributed by atoms with E-state index in [1.807, 2.05) is 0 Å². The Kier molecular flexibility index (Phi) is 10.5. The number of benzene rings is 2. The van der Waals surface area contributed by atoms with Crippen LogP contribution in [0.2, 0.25) is 0 Å². The van der Waals surface area contributed by atoms with Crippen molar-refractivity contribution in [3.8, 4) is 0 Å². The van der Waals surface area contributed by atoms with Crippen LogP contribution < -0.4 is 21.3 Å². The van der Waals surface area contributed by atoms with E-state index >= 15 is 0 Å². The van der Waals surface area contributed by atoms with Crippen LogP contribution in [-0.2, 0) is 4.74 Å². The topological polar surface area (TPSA) is 127 Å². The van der Waals surface area contributed by atoms with Gasteiger partial charge in [-0.3, -0.25) is 4.79 Å². The number of urea groups is 1. The Morgan fingerprint density at radius 1 is 1.03 bits per heavy atom. The summed E-state index contributed by atoms with van der Waals surface area (Å²) in [6, 6.07) is 11.7. The molecule has 0 unspecified atom stereocenters. The number of anilines is 3. The van der Waals surface area contributed by atoms with Crippen molar-refractivity contribution in [1.82, 2.24) is 10.2 Å². The normalized spacial score (nSPS) is 14.2. The molecule has 3 amide bonds. The molecule has 10 heteroatoms. The minimum absolute atomic E-state index is 0.247. The van der Waals surface area contributed by atoms with Crippen molar-refractivity contribution < 1.29 is 19.5 Å².